The van der Waals surface area contributed by atoms with Crippen molar-refractivity contribution in [3.8, 4) is 0 Å². The van der Waals surface area contributed by atoms with Crippen LogP contribution in [0.5, 0.6) is 0 Å². The lowest BCUT2D eigenvalue weighted by Gasteiger charge is -2.34. The third-order valence-corrected chi connectivity index (χ3v) is 1.85. The van der Waals surface area contributed by atoms with Crippen LogP contribution in [0.15, 0.2) is 0 Å². The molecule has 0 radical (unpaired) electrons. The number of nitrogens with zero attached hydrogens (tertiary/aromatic N) is 1. The number of piperidine rings is 1. The maximum Gasteiger partial charge on any atom is 0.275 e. The molecule has 12 heavy (non-hydrogen) atoms. The zero-order valence-corrected chi connectivity index (χ0v) is 8.43. The molecule has 0 aromatic carbocycles. The molecule has 1 aliphatic rings. The maximum absolute atomic E-state index is 12.7. The predicted molar refractivity (Wildman–Crippen MR) is 49.5 cm³/mol. The van der Waals surface area contributed by atoms with E-state index >= 15 is 0 Å². The van der Waals surface area contributed by atoms with Crippen molar-refractivity contribution in [2.24, 2.45) is 5.73 Å². The molecule has 0 spiro atoms. The van der Waals surface area contributed by atoms with Crippen LogP contribution in [0.3, 0.4) is 0 Å². The predicted octanol–water partition coefficient (Wildman–Crippen LogP) is 1.13. The van der Waals surface area contributed by atoms with Gasteiger partial charge in [-0.1, -0.05) is 0 Å². The van der Waals surface area contributed by atoms with E-state index in [1.54, 1.807) is 11.9 Å². The summed E-state index contributed by atoms with van der Waals surface area (Å²) in [6, 6.07) is -0.941. The summed E-state index contributed by atoms with van der Waals surface area (Å²) in [5, 5.41) is 0. The third kappa shape index (κ3) is 3.39. The Balaban J connectivity index is 0. The number of alkyl halides is 2. The van der Waals surface area contributed by atoms with Gasteiger partial charge in [0.2, 0.25) is 0 Å². The Morgan fingerprint density at radius 2 is 1.92 bits per heavy atom. The smallest absolute Gasteiger partial charge is 0.275 e. The minimum atomic E-state index is -2.69. The summed E-state index contributed by atoms with van der Waals surface area (Å²) in [5.41, 5.74) is 5.20. The van der Waals surface area contributed by atoms with Gasteiger partial charge < -0.3 is 10.6 Å². The van der Waals surface area contributed by atoms with Crippen LogP contribution in [0.25, 0.3) is 0 Å². The number of hydrogen-bond acceptors (Lipinski definition) is 2. The lowest BCUT2D eigenvalue weighted by molar-refractivity contribution is -0.0733. The summed E-state index contributed by atoms with van der Waals surface area (Å²) in [6.07, 6.45) is 0.392. The van der Waals surface area contributed by atoms with Crippen molar-refractivity contribution in [3.63, 3.8) is 0 Å². The molecule has 0 saturated carbocycles. The molecule has 6 heteroatoms. The first-order valence-corrected chi connectivity index (χ1v) is 3.34. The van der Waals surface area contributed by atoms with Gasteiger partial charge in [-0.2, -0.15) is 0 Å². The summed E-state index contributed by atoms with van der Waals surface area (Å²) in [5.74, 6) is -2.69. The molecular formula is C6H14Cl2F2N2. The van der Waals surface area contributed by atoms with E-state index in [2.05, 4.69) is 0 Å². The van der Waals surface area contributed by atoms with Crippen molar-refractivity contribution in [2.45, 2.75) is 18.4 Å². The molecule has 76 valence electrons. The second-order valence-corrected chi connectivity index (χ2v) is 2.89. The fraction of sp³-hybridized carbons (Fsp3) is 1.00. The molecule has 0 amide bonds. The van der Waals surface area contributed by atoms with Crippen molar-refractivity contribution >= 4 is 24.8 Å². The van der Waals surface area contributed by atoms with E-state index < -0.39 is 12.0 Å². The average molecular weight is 223 g/mol. The van der Waals surface area contributed by atoms with Gasteiger partial charge in [0.25, 0.3) is 5.92 Å². The molecule has 2 nitrogen and oxygen atoms in total. The normalized spacial score (nSPS) is 28.5. The zero-order chi connectivity index (χ0) is 7.78. The highest BCUT2D eigenvalue weighted by Gasteiger charge is 2.40. The molecule has 1 atom stereocenters. The molecule has 1 heterocycles. The molecule has 0 aromatic heterocycles. The molecular weight excluding hydrogens is 209 g/mol. The van der Waals surface area contributed by atoms with Gasteiger partial charge >= 0.3 is 0 Å². The van der Waals surface area contributed by atoms with Crippen LogP contribution in [-0.2, 0) is 0 Å². The second-order valence-electron chi connectivity index (χ2n) is 2.89. The Kier molecular flexibility index (Phi) is 6.40. The van der Waals surface area contributed by atoms with Crippen molar-refractivity contribution in [2.75, 3.05) is 20.1 Å². The first-order chi connectivity index (χ1) is 4.52. The van der Waals surface area contributed by atoms with Crippen LogP contribution >= 0.6 is 24.8 Å². The summed E-state index contributed by atoms with van der Waals surface area (Å²) in [4.78, 5) is 1.60. The standard InChI is InChI=1S/C6H12F2N2.2ClH/c1-10-3-2-5(9)6(7,8)4-10;;/h5H,2-4,9H2,1H3;2*1H. The van der Waals surface area contributed by atoms with Crippen molar-refractivity contribution < 1.29 is 8.78 Å². The van der Waals surface area contributed by atoms with Gasteiger partial charge in [0.1, 0.15) is 0 Å². The molecule has 1 fully saturated rings. The Labute approximate surface area is 83.3 Å². The third-order valence-electron chi connectivity index (χ3n) is 1.85. The fourth-order valence-corrected chi connectivity index (χ4v) is 1.13. The Morgan fingerprint density at radius 3 is 2.25 bits per heavy atom. The topological polar surface area (TPSA) is 29.3 Å². The lowest BCUT2D eigenvalue weighted by atomic mass is 10.0. The average Bonchev–Trinajstić information content (AvgIpc) is 1.78. The Bertz CT molecular complexity index is 135. The molecule has 0 bridgehead atoms. The molecule has 1 unspecified atom stereocenters. The van der Waals surface area contributed by atoms with Gasteiger partial charge in [-0.15, -0.1) is 24.8 Å². The van der Waals surface area contributed by atoms with Crippen LogP contribution in [-0.4, -0.2) is 37.0 Å². The molecule has 0 aliphatic carbocycles. The van der Waals surface area contributed by atoms with Gasteiger partial charge in [-0.25, -0.2) is 8.78 Å². The van der Waals surface area contributed by atoms with Crippen molar-refractivity contribution in [3.05, 3.63) is 0 Å². The van der Waals surface area contributed by atoms with Gasteiger partial charge in [0, 0.05) is 0 Å². The fourth-order valence-electron chi connectivity index (χ4n) is 1.13. The van der Waals surface area contributed by atoms with E-state index in [0.717, 1.165) is 0 Å². The number of nitrogens with two attached hydrogens (primary N) is 1. The number of likely N-dealkylation sites (tertiary alicyclic amines) is 1. The highest BCUT2D eigenvalue weighted by Crippen LogP contribution is 2.24. The summed E-state index contributed by atoms with van der Waals surface area (Å²) < 4.78 is 25.4. The van der Waals surface area contributed by atoms with E-state index in [4.69, 9.17) is 5.73 Å². The van der Waals surface area contributed by atoms with Gasteiger partial charge in [0.15, 0.2) is 0 Å². The van der Waals surface area contributed by atoms with E-state index in [0.29, 0.717) is 13.0 Å². The SMILES string of the molecule is CN1CCC(N)C(F)(F)C1.Cl.Cl. The van der Waals surface area contributed by atoms with Crippen molar-refractivity contribution in [1.82, 2.24) is 4.90 Å². The zero-order valence-electron chi connectivity index (χ0n) is 6.80. The molecule has 2 N–H and O–H groups in total. The van der Waals surface area contributed by atoms with Gasteiger partial charge in [-0.05, 0) is 20.0 Å². The maximum atomic E-state index is 12.7. The number of rotatable bonds is 0. The van der Waals surface area contributed by atoms with Crippen LogP contribution in [0, 0.1) is 0 Å². The number of hydrogen-bond donors (Lipinski definition) is 1. The van der Waals surface area contributed by atoms with E-state index in [-0.39, 0.29) is 31.4 Å². The first-order valence-electron chi connectivity index (χ1n) is 3.34. The monoisotopic (exact) mass is 222 g/mol. The van der Waals surface area contributed by atoms with Gasteiger partial charge in [0.05, 0.1) is 12.6 Å². The Morgan fingerprint density at radius 1 is 1.42 bits per heavy atom. The summed E-state index contributed by atoms with van der Waals surface area (Å²) in [6.45, 7) is 0.477. The van der Waals surface area contributed by atoms with Crippen LogP contribution in [0.2, 0.25) is 0 Å². The number of halogens is 4. The summed E-state index contributed by atoms with van der Waals surface area (Å²) >= 11 is 0. The van der Waals surface area contributed by atoms with Gasteiger partial charge in [-0.3, -0.25) is 0 Å². The van der Waals surface area contributed by atoms with Crippen LogP contribution in [0.1, 0.15) is 6.42 Å². The van der Waals surface area contributed by atoms with E-state index in [1.807, 2.05) is 0 Å². The van der Waals surface area contributed by atoms with E-state index in [1.165, 1.54) is 0 Å². The van der Waals surface area contributed by atoms with E-state index in [9.17, 15) is 8.78 Å². The quantitative estimate of drug-likeness (QED) is 0.666. The lowest BCUT2D eigenvalue weighted by Crippen LogP contribution is -2.54. The largest absolute Gasteiger partial charge is 0.323 e. The summed E-state index contributed by atoms with van der Waals surface area (Å²) in [7, 11) is 1.68. The highest BCUT2D eigenvalue weighted by molar-refractivity contribution is 5.85. The Hall–Kier alpha value is 0.360. The van der Waals surface area contributed by atoms with Crippen molar-refractivity contribution in [1.29, 1.82) is 0 Å². The highest BCUT2D eigenvalue weighted by atomic mass is 35.5. The molecule has 1 rings (SSSR count). The first kappa shape index (κ1) is 14.9. The minimum absolute atomic E-state index is 0. The molecule has 0 aromatic rings. The second kappa shape index (κ2) is 5.17. The minimum Gasteiger partial charge on any atom is -0.323 e. The van der Waals surface area contributed by atoms with Crippen LogP contribution in [0.4, 0.5) is 8.78 Å². The van der Waals surface area contributed by atoms with Crippen LogP contribution < -0.4 is 5.73 Å². The molecule has 1 aliphatic heterocycles. The molecule has 1 saturated heterocycles.